The van der Waals surface area contributed by atoms with Crippen LogP contribution < -0.4 is 15.4 Å². The summed E-state index contributed by atoms with van der Waals surface area (Å²) in [6, 6.07) is 7.92. The maximum atomic E-state index is 11.6. The van der Waals surface area contributed by atoms with E-state index in [4.69, 9.17) is 4.74 Å². The Morgan fingerprint density at radius 2 is 1.95 bits per heavy atom. The molecule has 1 aromatic carbocycles. The summed E-state index contributed by atoms with van der Waals surface area (Å²) in [6.45, 7) is 2.20. The number of carbonyl (C=O) groups is 2. The van der Waals surface area contributed by atoms with Crippen LogP contribution in [-0.2, 0) is 16.0 Å². The van der Waals surface area contributed by atoms with Gasteiger partial charge in [0.05, 0.1) is 0 Å². The zero-order chi connectivity index (χ0) is 14.7. The Labute approximate surface area is 124 Å². The maximum Gasteiger partial charge on any atom is 0.267 e. The molecule has 0 aliphatic carbocycles. The molecule has 112 valence electrons. The smallest absolute Gasteiger partial charge is 0.267 e. The van der Waals surface area contributed by atoms with Crippen LogP contribution in [0, 0.1) is 5.92 Å². The number of imide groups is 1. The first-order valence-corrected chi connectivity index (χ1v) is 7.51. The molecule has 5 heteroatoms. The van der Waals surface area contributed by atoms with E-state index in [0.717, 1.165) is 19.5 Å². The van der Waals surface area contributed by atoms with E-state index in [0.29, 0.717) is 24.5 Å². The number of hydrogen-bond donors (Lipinski definition) is 2. The molecule has 0 radical (unpaired) electrons. The molecule has 2 heterocycles. The van der Waals surface area contributed by atoms with Crippen molar-refractivity contribution in [3.8, 4) is 5.75 Å². The van der Waals surface area contributed by atoms with Gasteiger partial charge in [0, 0.05) is 12.8 Å². The number of rotatable bonds is 4. The minimum absolute atomic E-state index is 0.222. The summed E-state index contributed by atoms with van der Waals surface area (Å²) in [6.07, 6.45) is 2.52. The number of amides is 2. The fourth-order valence-electron chi connectivity index (χ4n) is 2.88. The molecule has 2 N–H and O–H groups in total. The number of carbonyl (C=O) groups excluding carboxylic acids is 2. The SMILES string of the molecule is O=C1CCC(Oc2ccc(CC3CCNC3)cc2)C(=O)N1. The van der Waals surface area contributed by atoms with Gasteiger partial charge >= 0.3 is 0 Å². The Kier molecular flexibility index (Phi) is 4.20. The third kappa shape index (κ3) is 3.61. The van der Waals surface area contributed by atoms with Gasteiger partial charge in [0.2, 0.25) is 5.91 Å². The molecule has 2 aliphatic rings. The van der Waals surface area contributed by atoms with Gasteiger partial charge in [-0.2, -0.15) is 0 Å². The van der Waals surface area contributed by atoms with E-state index in [9.17, 15) is 9.59 Å². The first-order chi connectivity index (χ1) is 10.2. The molecule has 2 unspecified atom stereocenters. The Hall–Kier alpha value is -1.88. The molecular formula is C16H20N2O3. The lowest BCUT2D eigenvalue weighted by Gasteiger charge is -2.22. The number of ether oxygens (including phenoxy) is 1. The zero-order valence-corrected chi connectivity index (χ0v) is 11.9. The quantitative estimate of drug-likeness (QED) is 0.812. The number of benzene rings is 1. The normalized spacial score (nSPS) is 25.7. The molecule has 2 saturated heterocycles. The van der Waals surface area contributed by atoms with Crippen LogP contribution in [0.15, 0.2) is 24.3 Å². The highest BCUT2D eigenvalue weighted by atomic mass is 16.5. The van der Waals surface area contributed by atoms with Crippen LogP contribution in [-0.4, -0.2) is 31.0 Å². The van der Waals surface area contributed by atoms with E-state index in [1.165, 1.54) is 12.0 Å². The van der Waals surface area contributed by atoms with Gasteiger partial charge < -0.3 is 10.1 Å². The van der Waals surface area contributed by atoms with Crippen molar-refractivity contribution < 1.29 is 14.3 Å². The molecule has 2 atom stereocenters. The van der Waals surface area contributed by atoms with E-state index in [2.05, 4.69) is 22.8 Å². The van der Waals surface area contributed by atoms with Gasteiger partial charge in [-0.05, 0) is 49.5 Å². The predicted molar refractivity (Wildman–Crippen MR) is 77.9 cm³/mol. The molecule has 0 bridgehead atoms. The number of nitrogens with one attached hydrogen (secondary N) is 2. The Bertz CT molecular complexity index is 521. The molecule has 5 nitrogen and oxygen atoms in total. The van der Waals surface area contributed by atoms with Gasteiger partial charge in [-0.1, -0.05) is 12.1 Å². The van der Waals surface area contributed by atoms with Crippen molar-refractivity contribution in [3.63, 3.8) is 0 Å². The molecule has 2 aliphatic heterocycles. The monoisotopic (exact) mass is 288 g/mol. The molecule has 1 aromatic rings. The van der Waals surface area contributed by atoms with Crippen molar-refractivity contribution in [2.75, 3.05) is 13.1 Å². The van der Waals surface area contributed by atoms with Crippen molar-refractivity contribution in [3.05, 3.63) is 29.8 Å². The van der Waals surface area contributed by atoms with Crippen molar-refractivity contribution in [1.82, 2.24) is 10.6 Å². The summed E-state index contributed by atoms with van der Waals surface area (Å²) in [7, 11) is 0. The van der Waals surface area contributed by atoms with Crippen molar-refractivity contribution in [1.29, 1.82) is 0 Å². The summed E-state index contributed by atoms with van der Waals surface area (Å²) in [5.41, 5.74) is 1.29. The van der Waals surface area contributed by atoms with E-state index in [-0.39, 0.29) is 11.8 Å². The highest BCUT2D eigenvalue weighted by molar-refractivity contribution is 5.99. The Morgan fingerprint density at radius 1 is 1.14 bits per heavy atom. The van der Waals surface area contributed by atoms with Gasteiger partial charge in [-0.15, -0.1) is 0 Å². The average molecular weight is 288 g/mol. The van der Waals surface area contributed by atoms with Gasteiger partial charge in [0.25, 0.3) is 5.91 Å². The Morgan fingerprint density at radius 3 is 2.62 bits per heavy atom. The number of hydrogen-bond acceptors (Lipinski definition) is 4. The third-order valence-corrected chi connectivity index (χ3v) is 4.08. The van der Waals surface area contributed by atoms with Crippen LogP contribution in [0.1, 0.15) is 24.8 Å². The molecule has 2 fully saturated rings. The molecular weight excluding hydrogens is 268 g/mol. The minimum Gasteiger partial charge on any atom is -0.481 e. The lowest BCUT2D eigenvalue weighted by atomic mass is 9.99. The van der Waals surface area contributed by atoms with Crippen LogP contribution in [0.5, 0.6) is 5.75 Å². The summed E-state index contributed by atoms with van der Waals surface area (Å²) in [5.74, 6) is 0.831. The number of piperidine rings is 1. The van der Waals surface area contributed by atoms with E-state index >= 15 is 0 Å². The second-order valence-corrected chi connectivity index (χ2v) is 5.76. The first-order valence-electron chi connectivity index (χ1n) is 7.51. The van der Waals surface area contributed by atoms with Gasteiger partial charge in [0.1, 0.15) is 5.75 Å². The van der Waals surface area contributed by atoms with E-state index < -0.39 is 6.10 Å². The highest BCUT2D eigenvalue weighted by Crippen LogP contribution is 2.20. The van der Waals surface area contributed by atoms with Gasteiger partial charge in [0.15, 0.2) is 6.10 Å². The molecule has 0 spiro atoms. The first kappa shape index (κ1) is 14.1. The van der Waals surface area contributed by atoms with Gasteiger partial charge in [-0.3, -0.25) is 14.9 Å². The van der Waals surface area contributed by atoms with Crippen molar-refractivity contribution >= 4 is 11.8 Å². The summed E-state index contributed by atoms with van der Waals surface area (Å²) in [5, 5.41) is 5.67. The second-order valence-electron chi connectivity index (χ2n) is 5.76. The molecule has 0 saturated carbocycles. The van der Waals surface area contributed by atoms with Crippen LogP contribution in [0.4, 0.5) is 0 Å². The standard InChI is InChI=1S/C16H20N2O3/c19-15-6-5-14(16(20)18-15)21-13-3-1-11(2-4-13)9-12-7-8-17-10-12/h1-4,12,14,17H,5-10H2,(H,18,19,20). The highest BCUT2D eigenvalue weighted by Gasteiger charge is 2.28. The Balaban J connectivity index is 1.56. The molecule has 3 rings (SSSR count). The molecule has 0 aromatic heterocycles. The predicted octanol–water partition coefficient (Wildman–Crippen LogP) is 1.02. The lowest BCUT2D eigenvalue weighted by molar-refractivity contribution is -0.138. The molecule has 2 amide bonds. The topological polar surface area (TPSA) is 67.4 Å². The minimum atomic E-state index is -0.562. The van der Waals surface area contributed by atoms with Crippen LogP contribution >= 0.6 is 0 Å². The summed E-state index contributed by atoms with van der Waals surface area (Å²) in [4.78, 5) is 22.7. The van der Waals surface area contributed by atoms with E-state index in [1.54, 1.807) is 0 Å². The van der Waals surface area contributed by atoms with Gasteiger partial charge in [-0.25, -0.2) is 0 Å². The summed E-state index contributed by atoms with van der Waals surface area (Å²) >= 11 is 0. The fourth-order valence-corrected chi connectivity index (χ4v) is 2.88. The van der Waals surface area contributed by atoms with E-state index in [1.807, 2.05) is 12.1 Å². The van der Waals surface area contributed by atoms with Crippen molar-refractivity contribution in [2.45, 2.75) is 31.8 Å². The lowest BCUT2D eigenvalue weighted by Crippen LogP contribution is -2.46. The second kappa shape index (κ2) is 6.26. The van der Waals surface area contributed by atoms with Crippen LogP contribution in [0.25, 0.3) is 0 Å². The fraction of sp³-hybridized carbons (Fsp3) is 0.500. The average Bonchev–Trinajstić information content (AvgIpc) is 2.97. The summed E-state index contributed by atoms with van der Waals surface area (Å²) < 4.78 is 5.66. The third-order valence-electron chi connectivity index (χ3n) is 4.08. The zero-order valence-electron chi connectivity index (χ0n) is 11.9. The van der Waals surface area contributed by atoms with Crippen molar-refractivity contribution in [2.24, 2.45) is 5.92 Å². The largest absolute Gasteiger partial charge is 0.481 e. The van der Waals surface area contributed by atoms with Crippen LogP contribution in [0.3, 0.4) is 0 Å². The molecule has 21 heavy (non-hydrogen) atoms. The van der Waals surface area contributed by atoms with Crippen LogP contribution in [0.2, 0.25) is 0 Å². The maximum absolute atomic E-state index is 11.6.